The minimum Gasteiger partial charge on any atom is -0.259 e. The lowest BCUT2D eigenvalue weighted by atomic mass is 10.1. The largest absolute Gasteiger partial charge is 0.259 e. The molecule has 1 aromatic rings. The van der Waals surface area contributed by atoms with Gasteiger partial charge in [0.15, 0.2) is 0 Å². The average Bonchev–Trinajstić information content (AvgIpc) is 2.18. The molecule has 2 nitrogen and oxygen atoms in total. The molecule has 0 bridgehead atoms. The van der Waals surface area contributed by atoms with E-state index in [0.717, 1.165) is 11.1 Å². The van der Waals surface area contributed by atoms with E-state index in [9.17, 15) is 4.21 Å². The molecular weight excluding hydrogens is 194 g/mol. The Morgan fingerprint density at radius 1 is 1.43 bits per heavy atom. The smallest absolute Gasteiger partial charge is 0.0631 e. The van der Waals surface area contributed by atoms with Crippen molar-refractivity contribution in [3.8, 4) is 6.07 Å². The normalized spacial score (nSPS) is 12.0. The third-order valence-electron chi connectivity index (χ3n) is 2.02. The lowest BCUT2D eigenvalue weighted by Crippen LogP contribution is -2.01. The molecule has 14 heavy (non-hydrogen) atoms. The van der Waals surface area contributed by atoms with E-state index in [-0.39, 0.29) is 0 Å². The summed E-state index contributed by atoms with van der Waals surface area (Å²) in [5, 5.41) is 8.35. The molecule has 1 aromatic carbocycles. The van der Waals surface area contributed by atoms with Gasteiger partial charge >= 0.3 is 0 Å². The number of hydrogen-bond donors (Lipinski definition) is 0. The van der Waals surface area contributed by atoms with Crippen molar-refractivity contribution < 1.29 is 4.21 Å². The third-order valence-corrected chi connectivity index (χ3v) is 3.31. The van der Waals surface area contributed by atoms with Crippen molar-refractivity contribution in [3.05, 3.63) is 35.4 Å². The Morgan fingerprint density at radius 3 is 2.79 bits per heavy atom. The van der Waals surface area contributed by atoms with Crippen LogP contribution in [0.4, 0.5) is 0 Å². The van der Waals surface area contributed by atoms with Crippen molar-refractivity contribution in [1.82, 2.24) is 0 Å². The lowest BCUT2D eigenvalue weighted by molar-refractivity contribution is 0.682. The number of nitrogens with zero attached hydrogens (tertiary/aromatic N) is 1. The number of rotatable bonds is 4. The quantitative estimate of drug-likeness (QED) is 0.759. The van der Waals surface area contributed by atoms with Gasteiger partial charge in [0.1, 0.15) is 0 Å². The van der Waals surface area contributed by atoms with E-state index in [1.165, 1.54) is 0 Å². The molecule has 0 N–H and O–H groups in total. The Kier molecular flexibility index (Phi) is 4.34. The van der Waals surface area contributed by atoms with Gasteiger partial charge in [-0.05, 0) is 18.1 Å². The van der Waals surface area contributed by atoms with Gasteiger partial charge < -0.3 is 0 Å². The molecule has 0 aliphatic heterocycles. The summed E-state index contributed by atoms with van der Waals surface area (Å²) in [6, 6.07) is 9.92. The fraction of sp³-hybridized carbons (Fsp3) is 0.364. The van der Waals surface area contributed by atoms with E-state index in [1.807, 2.05) is 37.3 Å². The summed E-state index contributed by atoms with van der Waals surface area (Å²) >= 11 is 0. The average molecular weight is 207 g/mol. The summed E-state index contributed by atoms with van der Waals surface area (Å²) in [7, 11) is -0.904. The Hall–Kier alpha value is -1.14. The molecule has 0 heterocycles. The molecule has 1 rings (SSSR count). The maximum atomic E-state index is 11.5. The summed E-state index contributed by atoms with van der Waals surface area (Å²) in [5.74, 6) is 1.04. The van der Waals surface area contributed by atoms with Crippen molar-refractivity contribution in [3.63, 3.8) is 0 Å². The van der Waals surface area contributed by atoms with Crippen molar-refractivity contribution >= 4 is 10.8 Å². The van der Waals surface area contributed by atoms with E-state index in [0.29, 0.717) is 17.9 Å². The Bertz CT molecular complexity index is 368. The lowest BCUT2D eigenvalue weighted by Gasteiger charge is -2.03. The molecular formula is C11H13NOS. The number of benzene rings is 1. The van der Waals surface area contributed by atoms with Crippen LogP contribution in [0.2, 0.25) is 0 Å². The molecule has 1 unspecified atom stereocenters. The summed E-state index contributed by atoms with van der Waals surface area (Å²) in [6.45, 7) is 2.01. The van der Waals surface area contributed by atoms with Crippen molar-refractivity contribution in [2.45, 2.75) is 19.1 Å². The van der Waals surface area contributed by atoms with Gasteiger partial charge in [-0.15, -0.1) is 0 Å². The fourth-order valence-corrected chi connectivity index (χ4v) is 2.31. The number of nitriles is 1. The first-order chi connectivity index (χ1) is 6.74. The molecule has 0 radical (unpaired) electrons. The van der Waals surface area contributed by atoms with Crippen molar-refractivity contribution in [2.75, 3.05) is 5.75 Å². The topological polar surface area (TPSA) is 40.9 Å². The van der Waals surface area contributed by atoms with Gasteiger partial charge in [-0.3, -0.25) is 4.21 Å². The standard InChI is InChI=1S/C11H13NOS/c1-10-5-2-3-6-11(10)9-14(13)8-4-7-12/h2-3,5-6H,4,8-9H2,1H3. The van der Waals surface area contributed by atoms with E-state index in [2.05, 4.69) is 0 Å². The summed E-state index contributed by atoms with van der Waals surface area (Å²) in [6.07, 6.45) is 0.374. The van der Waals surface area contributed by atoms with Crippen LogP contribution in [0.5, 0.6) is 0 Å². The Labute approximate surface area is 87.0 Å². The molecule has 0 amide bonds. The molecule has 0 fully saturated rings. The SMILES string of the molecule is Cc1ccccc1CS(=O)CCC#N. The first-order valence-corrected chi connectivity index (χ1v) is 5.99. The Morgan fingerprint density at radius 2 is 2.14 bits per heavy atom. The van der Waals surface area contributed by atoms with Crippen LogP contribution < -0.4 is 0 Å². The van der Waals surface area contributed by atoms with Gasteiger partial charge in [0.05, 0.1) is 6.07 Å². The van der Waals surface area contributed by atoms with Gasteiger partial charge in [-0.2, -0.15) is 5.26 Å². The molecule has 0 saturated carbocycles. The van der Waals surface area contributed by atoms with E-state index >= 15 is 0 Å². The van der Waals surface area contributed by atoms with Crippen LogP contribution in [0.3, 0.4) is 0 Å². The summed E-state index contributed by atoms with van der Waals surface area (Å²) < 4.78 is 11.5. The predicted molar refractivity (Wildman–Crippen MR) is 58.1 cm³/mol. The van der Waals surface area contributed by atoms with E-state index in [1.54, 1.807) is 0 Å². The van der Waals surface area contributed by atoms with Gasteiger partial charge in [-0.1, -0.05) is 24.3 Å². The maximum absolute atomic E-state index is 11.5. The number of aryl methyl sites for hydroxylation is 1. The second-order valence-corrected chi connectivity index (χ2v) is 4.70. The van der Waals surface area contributed by atoms with Crippen molar-refractivity contribution in [2.24, 2.45) is 0 Å². The predicted octanol–water partition coefficient (Wildman–Crippen LogP) is 2.16. The van der Waals surface area contributed by atoms with Crippen LogP contribution in [0.1, 0.15) is 17.5 Å². The zero-order valence-corrected chi connectivity index (χ0v) is 9.01. The molecule has 0 spiro atoms. The molecule has 0 saturated heterocycles. The monoisotopic (exact) mass is 207 g/mol. The second-order valence-electron chi connectivity index (χ2n) is 3.12. The molecule has 0 aromatic heterocycles. The minimum absolute atomic E-state index is 0.374. The van der Waals surface area contributed by atoms with Crippen LogP contribution in [0.25, 0.3) is 0 Å². The highest BCUT2D eigenvalue weighted by atomic mass is 32.2. The van der Waals surface area contributed by atoms with E-state index < -0.39 is 10.8 Å². The highest BCUT2D eigenvalue weighted by Gasteiger charge is 2.03. The van der Waals surface area contributed by atoms with E-state index in [4.69, 9.17) is 5.26 Å². The zero-order valence-electron chi connectivity index (χ0n) is 8.19. The van der Waals surface area contributed by atoms with Crippen molar-refractivity contribution in [1.29, 1.82) is 5.26 Å². The van der Waals surface area contributed by atoms with Crippen LogP contribution in [0, 0.1) is 18.3 Å². The first-order valence-electron chi connectivity index (χ1n) is 4.50. The van der Waals surface area contributed by atoms with Crippen LogP contribution >= 0.6 is 0 Å². The first kappa shape index (κ1) is 10.9. The highest BCUT2D eigenvalue weighted by molar-refractivity contribution is 7.84. The maximum Gasteiger partial charge on any atom is 0.0631 e. The van der Waals surface area contributed by atoms with Gasteiger partial charge in [0, 0.05) is 28.7 Å². The number of hydrogen-bond acceptors (Lipinski definition) is 2. The second kappa shape index (κ2) is 5.56. The van der Waals surface area contributed by atoms with Gasteiger partial charge in [0.25, 0.3) is 0 Å². The van der Waals surface area contributed by atoms with Gasteiger partial charge in [-0.25, -0.2) is 0 Å². The van der Waals surface area contributed by atoms with Gasteiger partial charge in [0.2, 0.25) is 0 Å². The molecule has 0 aliphatic carbocycles. The van der Waals surface area contributed by atoms with Crippen LogP contribution in [-0.2, 0) is 16.6 Å². The molecule has 74 valence electrons. The molecule has 0 aliphatic rings. The summed E-state index contributed by atoms with van der Waals surface area (Å²) in [4.78, 5) is 0. The van der Waals surface area contributed by atoms with Crippen LogP contribution in [0.15, 0.2) is 24.3 Å². The summed E-state index contributed by atoms with van der Waals surface area (Å²) in [5.41, 5.74) is 2.28. The molecule has 3 heteroatoms. The minimum atomic E-state index is -0.904. The zero-order chi connectivity index (χ0) is 10.4. The fourth-order valence-electron chi connectivity index (χ4n) is 1.18. The molecule has 1 atom stereocenters. The Balaban J connectivity index is 2.57. The highest BCUT2D eigenvalue weighted by Crippen LogP contribution is 2.09. The van der Waals surface area contributed by atoms with Crippen LogP contribution in [-0.4, -0.2) is 9.96 Å². The third kappa shape index (κ3) is 3.31.